The van der Waals surface area contributed by atoms with E-state index in [0.717, 1.165) is 17.5 Å². The molecule has 0 radical (unpaired) electrons. The van der Waals surface area contributed by atoms with Crippen molar-refractivity contribution in [2.24, 2.45) is 0 Å². The van der Waals surface area contributed by atoms with Gasteiger partial charge in [-0.25, -0.2) is 4.98 Å². The van der Waals surface area contributed by atoms with Gasteiger partial charge in [0, 0.05) is 23.8 Å². The Morgan fingerprint density at radius 3 is 2.69 bits per heavy atom. The lowest BCUT2D eigenvalue weighted by Crippen LogP contribution is -2.37. The van der Waals surface area contributed by atoms with E-state index in [1.807, 2.05) is 0 Å². The van der Waals surface area contributed by atoms with Crippen molar-refractivity contribution >= 4 is 38.3 Å². The number of ether oxygens (including phenoxy) is 3. The van der Waals surface area contributed by atoms with Crippen molar-refractivity contribution in [3.63, 3.8) is 0 Å². The van der Waals surface area contributed by atoms with Crippen molar-refractivity contribution < 1.29 is 23.9 Å². The van der Waals surface area contributed by atoms with E-state index in [0.29, 0.717) is 40.9 Å². The monoisotopic (exact) mass is 457 g/mol. The smallest absolute Gasteiger partial charge is 0.273 e. The summed E-state index contributed by atoms with van der Waals surface area (Å²) >= 11 is 1.31. The van der Waals surface area contributed by atoms with Crippen LogP contribution < -0.4 is 14.4 Å². The number of carbonyl (C=O) groups is 1. The van der Waals surface area contributed by atoms with Crippen LogP contribution in [0.3, 0.4) is 0 Å². The Balaban J connectivity index is 1.82. The highest BCUT2D eigenvalue weighted by atomic mass is 32.1. The maximum absolute atomic E-state index is 13.7. The number of methoxy groups -OCH3 is 2. The van der Waals surface area contributed by atoms with Crippen LogP contribution in [-0.4, -0.2) is 49.3 Å². The number of anilines is 1. The first-order valence-electron chi connectivity index (χ1n) is 10.1. The van der Waals surface area contributed by atoms with Crippen LogP contribution in [-0.2, 0) is 4.74 Å². The average molecular weight is 458 g/mol. The van der Waals surface area contributed by atoms with Crippen LogP contribution in [0.1, 0.15) is 28.8 Å². The number of hydrogen-bond donors (Lipinski definition) is 0. The highest BCUT2D eigenvalue weighted by Crippen LogP contribution is 2.41. The zero-order valence-electron chi connectivity index (χ0n) is 18.0. The van der Waals surface area contributed by atoms with E-state index >= 15 is 0 Å². The summed E-state index contributed by atoms with van der Waals surface area (Å²) in [7, 11) is 3.13. The molecule has 0 spiro atoms. The first kappa shape index (κ1) is 22.0. The fourth-order valence-corrected chi connectivity index (χ4v) is 4.91. The number of aromatic nitrogens is 1. The maximum atomic E-state index is 13.7. The van der Waals surface area contributed by atoms with Crippen LogP contribution in [0.15, 0.2) is 30.3 Å². The molecular formula is C22H23N3O6S. The molecule has 1 unspecified atom stereocenters. The van der Waals surface area contributed by atoms with E-state index in [4.69, 9.17) is 19.2 Å². The molecule has 1 aliphatic rings. The van der Waals surface area contributed by atoms with E-state index < -0.39 is 4.92 Å². The molecule has 1 saturated heterocycles. The van der Waals surface area contributed by atoms with Crippen molar-refractivity contribution in [1.29, 1.82) is 0 Å². The quantitative estimate of drug-likeness (QED) is 0.384. The number of fused-ring (bicyclic) bond motifs is 1. The van der Waals surface area contributed by atoms with Gasteiger partial charge in [0.25, 0.3) is 11.6 Å². The second kappa shape index (κ2) is 9.09. The summed E-state index contributed by atoms with van der Waals surface area (Å²) in [5, 5.41) is 11.8. The van der Waals surface area contributed by atoms with Crippen molar-refractivity contribution in [3.05, 3.63) is 51.6 Å². The molecule has 168 valence electrons. The molecule has 3 aromatic rings. The predicted octanol–water partition coefficient (Wildman–Crippen LogP) is 4.36. The van der Waals surface area contributed by atoms with E-state index in [-0.39, 0.29) is 23.3 Å². The molecular weight excluding hydrogens is 434 g/mol. The van der Waals surface area contributed by atoms with Crippen LogP contribution in [0.4, 0.5) is 10.8 Å². The van der Waals surface area contributed by atoms with Crippen molar-refractivity contribution in [1.82, 2.24) is 4.98 Å². The lowest BCUT2D eigenvalue weighted by atomic mass is 10.1. The van der Waals surface area contributed by atoms with Gasteiger partial charge in [0.2, 0.25) is 0 Å². The zero-order valence-corrected chi connectivity index (χ0v) is 18.8. The second-order valence-electron chi connectivity index (χ2n) is 7.40. The number of amides is 1. The number of benzene rings is 2. The largest absolute Gasteiger partial charge is 0.495 e. The number of nitro benzene ring substituents is 1. The highest BCUT2D eigenvalue weighted by Gasteiger charge is 2.30. The lowest BCUT2D eigenvalue weighted by molar-refractivity contribution is -0.385. The van der Waals surface area contributed by atoms with Gasteiger partial charge in [-0.3, -0.25) is 19.8 Å². The van der Waals surface area contributed by atoms with Gasteiger partial charge in [0.15, 0.2) is 5.13 Å². The zero-order chi connectivity index (χ0) is 22.8. The van der Waals surface area contributed by atoms with Gasteiger partial charge >= 0.3 is 0 Å². The third-order valence-corrected chi connectivity index (χ3v) is 6.61. The van der Waals surface area contributed by atoms with Crippen LogP contribution in [0.5, 0.6) is 11.5 Å². The molecule has 0 aliphatic carbocycles. The third-order valence-electron chi connectivity index (χ3n) is 5.52. The number of nitro groups is 1. The summed E-state index contributed by atoms with van der Waals surface area (Å²) in [4.78, 5) is 30.8. The molecule has 9 nitrogen and oxygen atoms in total. The standard InChI is InChI=1S/C22H23N3O6S/c1-13-15(7-4-8-16(13)25(27)28)21(26)24(12-14-6-5-11-31-14)22-23-19-17(29-2)9-10-18(30-3)20(19)32-22/h4,7-10,14H,5-6,11-12H2,1-3H3. The molecule has 1 fully saturated rings. The van der Waals surface area contributed by atoms with E-state index in [1.54, 1.807) is 44.2 Å². The Bertz CT molecular complexity index is 1130. The number of rotatable bonds is 7. The van der Waals surface area contributed by atoms with Gasteiger partial charge < -0.3 is 14.2 Å². The third kappa shape index (κ3) is 3.98. The molecule has 32 heavy (non-hydrogen) atoms. The van der Waals surface area contributed by atoms with Gasteiger partial charge in [-0.15, -0.1) is 0 Å². The number of nitrogens with zero attached hydrogens (tertiary/aromatic N) is 3. The fraction of sp³-hybridized carbons (Fsp3) is 0.364. The summed E-state index contributed by atoms with van der Waals surface area (Å²) in [5.41, 5.74) is 1.07. The molecule has 10 heteroatoms. The summed E-state index contributed by atoms with van der Waals surface area (Å²) in [6.45, 7) is 2.52. The molecule has 0 saturated carbocycles. The first-order valence-corrected chi connectivity index (χ1v) is 10.9. The van der Waals surface area contributed by atoms with Gasteiger partial charge in [-0.05, 0) is 38.0 Å². The topological polar surface area (TPSA) is 104 Å². The molecule has 0 N–H and O–H groups in total. The highest BCUT2D eigenvalue weighted by molar-refractivity contribution is 7.22. The van der Waals surface area contributed by atoms with Crippen molar-refractivity contribution in [3.8, 4) is 11.5 Å². The number of hydrogen-bond acceptors (Lipinski definition) is 8. The van der Waals surface area contributed by atoms with Gasteiger partial charge in [0.1, 0.15) is 21.7 Å². The minimum Gasteiger partial charge on any atom is -0.495 e. The summed E-state index contributed by atoms with van der Waals surface area (Å²) in [5.74, 6) is 0.832. The van der Waals surface area contributed by atoms with E-state index in [2.05, 4.69) is 0 Å². The Morgan fingerprint density at radius 2 is 2.03 bits per heavy atom. The molecule has 1 aromatic heterocycles. The van der Waals surface area contributed by atoms with Crippen molar-refractivity contribution in [2.75, 3.05) is 32.3 Å². The van der Waals surface area contributed by atoms with Crippen molar-refractivity contribution in [2.45, 2.75) is 25.9 Å². The fourth-order valence-electron chi connectivity index (χ4n) is 3.83. The molecule has 2 heterocycles. The molecule has 0 bridgehead atoms. The first-order chi connectivity index (χ1) is 15.4. The van der Waals surface area contributed by atoms with Crippen LogP contribution in [0.25, 0.3) is 10.2 Å². The molecule has 2 aromatic carbocycles. The predicted molar refractivity (Wildman–Crippen MR) is 121 cm³/mol. The van der Waals surface area contributed by atoms with Crippen LogP contribution in [0, 0.1) is 17.0 Å². The Morgan fingerprint density at radius 1 is 1.28 bits per heavy atom. The number of thiazole rings is 1. The summed E-state index contributed by atoms with van der Waals surface area (Å²) < 4.78 is 17.4. The van der Waals surface area contributed by atoms with Crippen LogP contribution >= 0.6 is 11.3 Å². The summed E-state index contributed by atoms with van der Waals surface area (Å²) in [6.07, 6.45) is 1.62. The Kier molecular flexibility index (Phi) is 6.24. The van der Waals surface area contributed by atoms with Gasteiger partial charge in [-0.2, -0.15) is 0 Å². The van der Waals surface area contributed by atoms with Crippen LogP contribution in [0.2, 0.25) is 0 Å². The Hall–Kier alpha value is -3.24. The lowest BCUT2D eigenvalue weighted by Gasteiger charge is -2.23. The Labute approximate surface area is 188 Å². The number of carbonyl (C=O) groups excluding carboxylic acids is 1. The minimum atomic E-state index is -0.482. The molecule has 1 aliphatic heterocycles. The van der Waals surface area contributed by atoms with Gasteiger partial charge in [0.05, 0.1) is 31.8 Å². The van der Waals surface area contributed by atoms with E-state index in [1.165, 1.54) is 23.5 Å². The minimum absolute atomic E-state index is 0.0967. The van der Waals surface area contributed by atoms with E-state index in [9.17, 15) is 14.9 Å². The molecule has 4 rings (SSSR count). The second-order valence-corrected chi connectivity index (χ2v) is 8.38. The summed E-state index contributed by atoms with van der Waals surface area (Å²) in [6, 6.07) is 8.07. The van der Waals surface area contributed by atoms with Gasteiger partial charge in [-0.1, -0.05) is 17.4 Å². The maximum Gasteiger partial charge on any atom is 0.273 e. The normalized spacial score (nSPS) is 15.7. The molecule has 1 amide bonds. The average Bonchev–Trinajstić information content (AvgIpc) is 3.46. The SMILES string of the molecule is COc1ccc(OC)c2sc(N(CC3CCCO3)C(=O)c3cccc([N+](=O)[O-])c3C)nc12. The molecule has 1 atom stereocenters.